The first-order chi connectivity index (χ1) is 34.7. The number of hydrogen-bond acceptors (Lipinski definition) is 13. The largest absolute Gasteiger partial charge is 0.476 e. The number of aromatic carboxylic acids is 1. The van der Waals surface area contributed by atoms with Gasteiger partial charge in [-0.3, -0.25) is 24.3 Å². The number of para-hydroxylation sites is 1. The highest BCUT2D eigenvalue weighted by molar-refractivity contribution is 8.14. The number of carbonyl (C=O) groups is 4. The van der Waals surface area contributed by atoms with Crippen molar-refractivity contribution >= 4 is 70.4 Å². The van der Waals surface area contributed by atoms with Gasteiger partial charge in [0.25, 0.3) is 0 Å². The zero-order valence-corrected chi connectivity index (χ0v) is 44.6. The molecule has 0 saturated heterocycles. The second-order valence-electron chi connectivity index (χ2n) is 22.0. The van der Waals surface area contributed by atoms with Crippen LogP contribution in [0.2, 0.25) is 0 Å². The van der Waals surface area contributed by atoms with E-state index in [2.05, 4.69) is 72.6 Å². The highest BCUT2D eigenvalue weighted by atomic mass is 32.2. The Balaban J connectivity index is 1.00. The smallest absolute Gasteiger partial charge is 0.355 e. The average Bonchev–Trinajstić information content (AvgIpc) is 3.32. The van der Waals surface area contributed by atoms with Crippen LogP contribution >= 0.6 is 11.8 Å². The number of aliphatic imine (C=N–C) groups is 1. The molecule has 73 heavy (non-hydrogen) atoms. The van der Waals surface area contributed by atoms with E-state index in [1.807, 2.05) is 84.6 Å². The summed E-state index contributed by atoms with van der Waals surface area (Å²) < 4.78 is 7.09. The third kappa shape index (κ3) is 13.5. The number of allylic oxidation sites excluding steroid dienone is 2. The Morgan fingerprint density at radius 1 is 0.973 bits per heavy atom. The maximum absolute atomic E-state index is 13.8. The molecule has 7 rings (SSSR count). The van der Waals surface area contributed by atoms with E-state index in [4.69, 9.17) is 15.1 Å². The molecule has 2 amide bonds. The first-order valence-corrected chi connectivity index (χ1v) is 26.0. The van der Waals surface area contributed by atoms with Crippen LogP contribution in [-0.2, 0) is 33.8 Å². The summed E-state index contributed by atoms with van der Waals surface area (Å²) in [6.45, 7) is 20.4. The molecule has 0 spiro atoms. The Bertz CT molecular complexity index is 2760. The summed E-state index contributed by atoms with van der Waals surface area (Å²) >= 11 is 1.12. The fourth-order valence-electron chi connectivity index (χ4n) is 12.3. The zero-order valence-electron chi connectivity index (χ0n) is 43.7. The van der Waals surface area contributed by atoms with Gasteiger partial charge in [0.05, 0.1) is 24.4 Å². The van der Waals surface area contributed by atoms with Crippen LogP contribution in [0.3, 0.4) is 0 Å². The van der Waals surface area contributed by atoms with E-state index in [0.29, 0.717) is 78.8 Å². The van der Waals surface area contributed by atoms with Gasteiger partial charge in [0.1, 0.15) is 11.9 Å². The monoisotopic (exact) mass is 1010 g/mol. The number of carbonyl (C=O) groups excluding carboxylic acids is 3. The molecule has 1 aliphatic heterocycles. The molecule has 1 aromatic heterocycles. The summed E-state index contributed by atoms with van der Waals surface area (Å²) in [5.74, 6) is -1.23. The van der Waals surface area contributed by atoms with Gasteiger partial charge in [-0.2, -0.15) is 0 Å². The second-order valence-corrected chi connectivity index (χ2v) is 23.0. The van der Waals surface area contributed by atoms with Gasteiger partial charge in [-0.05, 0) is 154 Å². The lowest BCUT2D eigenvalue weighted by Crippen LogP contribution is -2.58. The minimum atomic E-state index is -1.19. The molecule has 2 aliphatic carbocycles. The number of pyridine rings is 1. The molecular weight excluding hydrogens is 939 g/mol. The first kappa shape index (κ1) is 54.6. The predicted octanol–water partition coefficient (Wildman–Crippen LogP) is 9.14. The first-order valence-electron chi connectivity index (χ1n) is 25.2. The summed E-state index contributed by atoms with van der Waals surface area (Å²) in [4.78, 5) is 65.1. The molecule has 3 aliphatic rings. The number of amides is 2. The number of hydrogen-bond donors (Lipinski definition) is 6. The number of anilines is 2. The van der Waals surface area contributed by atoms with Crippen LogP contribution in [-0.4, -0.2) is 109 Å². The molecule has 4 aromatic rings. The van der Waals surface area contributed by atoms with Crippen LogP contribution < -0.4 is 26.2 Å². The van der Waals surface area contributed by atoms with Crippen molar-refractivity contribution in [1.29, 1.82) is 5.41 Å². The molecule has 3 aromatic carbocycles. The summed E-state index contributed by atoms with van der Waals surface area (Å²) in [7, 11) is 3.76. The lowest BCUT2D eigenvalue weighted by atomic mass is 9.48. The number of rotatable bonds is 21. The molecule has 4 atom stereocenters. The Kier molecular flexibility index (Phi) is 17.1. The van der Waals surface area contributed by atoms with E-state index < -0.39 is 12.0 Å². The van der Waals surface area contributed by atoms with Gasteiger partial charge in [0, 0.05) is 71.9 Å². The lowest BCUT2D eigenvalue weighted by molar-refractivity contribution is -0.191. The van der Waals surface area contributed by atoms with Crippen molar-refractivity contribution in [2.45, 2.75) is 110 Å². The van der Waals surface area contributed by atoms with E-state index in [9.17, 15) is 24.3 Å². The summed E-state index contributed by atoms with van der Waals surface area (Å²) in [6, 6.07) is 23.8. The van der Waals surface area contributed by atoms with Crippen molar-refractivity contribution in [3.8, 4) is 0 Å². The molecule has 16 heteroatoms. The van der Waals surface area contributed by atoms with Gasteiger partial charge >= 0.3 is 5.97 Å². The van der Waals surface area contributed by atoms with Crippen LogP contribution in [0.4, 0.5) is 17.2 Å². The third-order valence-electron chi connectivity index (χ3n) is 14.5. The van der Waals surface area contributed by atoms with Crippen LogP contribution in [0, 0.1) is 21.7 Å². The molecule has 0 radical (unpaired) electrons. The quantitative estimate of drug-likeness (QED) is 0.0342. The van der Waals surface area contributed by atoms with Gasteiger partial charge in [0.2, 0.25) is 16.9 Å². The number of benzene rings is 3. The number of nitrogens with one attached hydrogen (secondary N) is 5. The molecule has 6 N–H and O–H groups in total. The average molecular weight is 1010 g/mol. The molecule has 4 unspecified atom stereocenters. The standard InChI is InChI=1S/C57H73N9O6S/c1-37(44(27-58)42-21-22-48(64-50(42)52(69)70)66-24-23-40-13-12-14-43(45(40)30-66)53(71)73-47-16-11-10-15-46(47)60-8)61-36-56(6)33-55(5)31-54(3,4)32-57(34-55,35-56)72-26-25-65(9)29-39-17-19-41(20-18-39)63-51(68)38(2)62-49(67)28-59-7/h10-22,27,38,58-59,61H,8,23-26,28-36H2,1-7,9H3,(H,62,67)(H,63,68)(H,69,70)/b44-37+,58-27?. The molecular formula is C57H73N9O6S. The minimum Gasteiger partial charge on any atom is -0.476 e. The number of ether oxygens (including phenoxy) is 1. The number of thioether (sulfide) groups is 1. The molecule has 388 valence electrons. The van der Waals surface area contributed by atoms with E-state index in [0.717, 1.165) is 72.0 Å². The molecule has 2 fully saturated rings. The van der Waals surface area contributed by atoms with Gasteiger partial charge in [-0.25, -0.2) is 9.78 Å². The number of nitrogens with zero attached hydrogens (tertiary/aromatic N) is 4. The SMILES string of the molecule is C=Nc1ccccc1SC(=O)c1cccc2c1CN(c1ccc(/C(C=N)=C(\C)NCC3(C)CC4(C)CC(C)(C)CC(OCCN(C)Cc5ccc(NC(=O)C(C)NC(=O)CNC)cc5)(C3)C4)c(C(=O)O)n1)CC2. The van der Waals surface area contributed by atoms with Crippen molar-refractivity contribution in [3.63, 3.8) is 0 Å². The molecule has 2 heterocycles. The van der Waals surface area contributed by atoms with E-state index in [1.165, 1.54) is 6.21 Å². The molecule has 15 nitrogen and oxygen atoms in total. The van der Waals surface area contributed by atoms with Crippen molar-refractivity contribution in [3.05, 3.63) is 118 Å². The van der Waals surface area contributed by atoms with Gasteiger partial charge in [-0.15, -0.1) is 0 Å². The van der Waals surface area contributed by atoms with E-state index in [1.54, 1.807) is 20.0 Å². The van der Waals surface area contributed by atoms with Crippen molar-refractivity contribution in [2.24, 2.45) is 21.2 Å². The van der Waals surface area contributed by atoms with Crippen molar-refractivity contribution in [1.82, 2.24) is 25.8 Å². The Labute approximate surface area is 435 Å². The third-order valence-corrected chi connectivity index (χ3v) is 15.4. The Morgan fingerprint density at radius 2 is 1.73 bits per heavy atom. The van der Waals surface area contributed by atoms with Crippen molar-refractivity contribution < 1.29 is 29.0 Å². The Morgan fingerprint density at radius 3 is 2.44 bits per heavy atom. The Hall–Kier alpha value is -6.20. The fraction of sp³-hybridized carbons (Fsp3) is 0.456. The van der Waals surface area contributed by atoms with Gasteiger partial charge in [-0.1, -0.05) is 70.2 Å². The number of carboxylic acids is 1. The lowest BCUT2D eigenvalue weighted by Gasteiger charge is -2.61. The van der Waals surface area contributed by atoms with Crippen LogP contribution in [0.15, 0.2) is 94.4 Å². The summed E-state index contributed by atoms with van der Waals surface area (Å²) in [5.41, 5.74) is 5.99. The normalized spacial score (nSPS) is 21.8. The molecule has 2 bridgehead atoms. The highest BCUT2D eigenvalue weighted by Crippen LogP contribution is 2.62. The second kappa shape index (κ2) is 22.9. The van der Waals surface area contributed by atoms with Gasteiger partial charge < -0.3 is 41.4 Å². The minimum absolute atomic E-state index is 0.0457. The van der Waals surface area contributed by atoms with E-state index in [-0.39, 0.29) is 51.0 Å². The van der Waals surface area contributed by atoms with Crippen LogP contribution in [0.1, 0.15) is 117 Å². The maximum Gasteiger partial charge on any atom is 0.355 e. The topological polar surface area (TPSA) is 201 Å². The van der Waals surface area contributed by atoms with Crippen LogP contribution in [0.25, 0.3) is 5.57 Å². The fourth-order valence-corrected chi connectivity index (χ4v) is 13.2. The predicted molar refractivity (Wildman–Crippen MR) is 292 cm³/mol. The van der Waals surface area contributed by atoms with Gasteiger partial charge in [0.15, 0.2) is 5.69 Å². The molecule has 2 saturated carbocycles. The zero-order chi connectivity index (χ0) is 52.7. The highest BCUT2D eigenvalue weighted by Gasteiger charge is 2.58. The van der Waals surface area contributed by atoms with Crippen molar-refractivity contribution in [2.75, 3.05) is 57.1 Å². The number of carboxylic acid groups (broad SMARTS) is 1. The number of fused-ring (bicyclic) bond motifs is 3. The van der Waals surface area contributed by atoms with E-state index >= 15 is 0 Å². The maximum atomic E-state index is 13.8. The van der Waals surface area contributed by atoms with Crippen LogP contribution in [0.5, 0.6) is 0 Å². The summed E-state index contributed by atoms with van der Waals surface area (Å²) in [6.07, 6.45) is 6.74. The number of likely N-dealkylation sites (N-methyl/N-ethyl adjacent to an activating group) is 2. The number of aromatic nitrogens is 1. The summed E-state index contributed by atoms with van der Waals surface area (Å²) in [5, 5.41) is 31.1.